The first kappa shape index (κ1) is 18.0. The van der Waals surface area contributed by atoms with E-state index in [0.29, 0.717) is 19.7 Å². The van der Waals surface area contributed by atoms with Gasteiger partial charge in [-0.05, 0) is 37.3 Å². The van der Waals surface area contributed by atoms with Crippen LogP contribution in [0.1, 0.15) is 41.8 Å². The highest BCUT2D eigenvalue weighted by atomic mass is 16.5. The summed E-state index contributed by atoms with van der Waals surface area (Å²) in [7, 11) is 1.88. The van der Waals surface area contributed by atoms with Gasteiger partial charge in [0, 0.05) is 31.4 Å². The molecule has 1 aromatic heterocycles. The molecule has 0 unspecified atom stereocenters. The zero-order valence-corrected chi connectivity index (χ0v) is 16.0. The molecule has 0 atom stereocenters. The van der Waals surface area contributed by atoms with Gasteiger partial charge in [-0.1, -0.05) is 24.6 Å². The van der Waals surface area contributed by atoms with Crippen molar-refractivity contribution in [1.29, 1.82) is 0 Å². The summed E-state index contributed by atoms with van der Waals surface area (Å²) in [6.07, 6.45) is 5.86. The molecule has 144 valence electrons. The monoisotopic (exact) mass is 368 g/mol. The van der Waals surface area contributed by atoms with E-state index in [9.17, 15) is 4.79 Å². The van der Waals surface area contributed by atoms with E-state index < -0.39 is 0 Å². The molecule has 0 spiro atoms. The van der Waals surface area contributed by atoms with E-state index in [1.165, 1.54) is 30.5 Å². The molecule has 0 fully saturated rings. The SMILES string of the molecule is CN(Cc1n[nH]c2c1CCCCC2)C(=O)CN1CCOc2ccccc2C1. The van der Waals surface area contributed by atoms with Gasteiger partial charge < -0.3 is 9.64 Å². The quantitative estimate of drug-likeness (QED) is 0.843. The van der Waals surface area contributed by atoms with Crippen LogP contribution in [0.3, 0.4) is 0 Å². The molecule has 1 N–H and O–H groups in total. The van der Waals surface area contributed by atoms with E-state index in [1.54, 1.807) is 4.90 Å². The number of benzene rings is 1. The van der Waals surface area contributed by atoms with E-state index in [2.05, 4.69) is 21.2 Å². The summed E-state index contributed by atoms with van der Waals surface area (Å²) < 4.78 is 5.80. The first-order valence-electron chi connectivity index (χ1n) is 9.92. The lowest BCUT2D eigenvalue weighted by molar-refractivity contribution is -0.131. The molecular formula is C21H28N4O2. The van der Waals surface area contributed by atoms with Gasteiger partial charge in [-0.25, -0.2) is 0 Å². The van der Waals surface area contributed by atoms with E-state index in [0.717, 1.165) is 42.9 Å². The molecule has 1 aliphatic heterocycles. The number of fused-ring (bicyclic) bond motifs is 2. The third kappa shape index (κ3) is 4.16. The van der Waals surface area contributed by atoms with Crippen LogP contribution in [0.15, 0.2) is 24.3 Å². The number of nitrogens with zero attached hydrogens (tertiary/aromatic N) is 3. The largest absolute Gasteiger partial charge is 0.492 e. The van der Waals surface area contributed by atoms with Crippen LogP contribution in [0.2, 0.25) is 0 Å². The fraction of sp³-hybridized carbons (Fsp3) is 0.524. The van der Waals surface area contributed by atoms with Crippen molar-refractivity contribution in [2.24, 2.45) is 0 Å². The summed E-state index contributed by atoms with van der Waals surface area (Å²) in [5.74, 6) is 1.06. The lowest BCUT2D eigenvalue weighted by Gasteiger charge is -2.23. The van der Waals surface area contributed by atoms with Gasteiger partial charge in [-0.3, -0.25) is 14.8 Å². The Morgan fingerprint density at radius 2 is 2.11 bits per heavy atom. The Morgan fingerprint density at radius 1 is 1.26 bits per heavy atom. The lowest BCUT2D eigenvalue weighted by Crippen LogP contribution is -2.38. The third-order valence-electron chi connectivity index (χ3n) is 5.60. The first-order chi connectivity index (χ1) is 13.2. The molecule has 27 heavy (non-hydrogen) atoms. The number of carbonyl (C=O) groups excluding carboxylic acids is 1. The van der Waals surface area contributed by atoms with Crippen LogP contribution in [0, 0.1) is 0 Å². The number of aromatic amines is 1. The van der Waals surface area contributed by atoms with Gasteiger partial charge in [0.2, 0.25) is 5.91 Å². The molecule has 0 saturated carbocycles. The molecule has 6 heteroatoms. The van der Waals surface area contributed by atoms with Gasteiger partial charge in [0.25, 0.3) is 0 Å². The second-order valence-electron chi connectivity index (χ2n) is 7.60. The maximum absolute atomic E-state index is 12.8. The van der Waals surface area contributed by atoms with Crippen LogP contribution < -0.4 is 4.74 Å². The Balaban J connectivity index is 1.38. The van der Waals surface area contributed by atoms with Crippen LogP contribution >= 0.6 is 0 Å². The molecule has 1 amide bonds. The number of nitrogens with one attached hydrogen (secondary N) is 1. The molecule has 0 bridgehead atoms. The predicted octanol–water partition coefficient (Wildman–Crippen LogP) is 2.53. The number of H-pyrrole nitrogens is 1. The Kier molecular flexibility index (Phi) is 5.43. The van der Waals surface area contributed by atoms with Crippen LogP contribution in [-0.4, -0.2) is 52.6 Å². The third-order valence-corrected chi connectivity index (χ3v) is 5.60. The normalized spacial score (nSPS) is 17.2. The number of para-hydroxylation sites is 1. The molecule has 2 aliphatic rings. The lowest BCUT2D eigenvalue weighted by atomic mass is 10.1. The number of hydrogen-bond donors (Lipinski definition) is 1. The van der Waals surface area contributed by atoms with Gasteiger partial charge in [0.05, 0.1) is 18.8 Å². The number of rotatable bonds is 4. The van der Waals surface area contributed by atoms with E-state index in [4.69, 9.17) is 4.74 Å². The topological polar surface area (TPSA) is 61.5 Å². The first-order valence-corrected chi connectivity index (χ1v) is 9.92. The second kappa shape index (κ2) is 8.13. The molecule has 1 aromatic carbocycles. The Bertz CT molecular complexity index is 801. The molecule has 4 rings (SSSR count). The molecule has 6 nitrogen and oxygen atoms in total. The minimum atomic E-state index is 0.125. The molecule has 2 aromatic rings. The van der Waals surface area contributed by atoms with Crippen molar-refractivity contribution >= 4 is 5.91 Å². The summed E-state index contributed by atoms with van der Waals surface area (Å²) in [5.41, 5.74) is 4.78. The average Bonchev–Trinajstić information content (AvgIpc) is 2.85. The van der Waals surface area contributed by atoms with Crippen LogP contribution in [0.5, 0.6) is 5.75 Å². The van der Waals surface area contributed by atoms with Crippen molar-refractivity contribution in [3.8, 4) is 5.75 Å². The second-order valence-corrected chi connectivity index (χ2v) is 7.60. The predicted molar refractivity (Wildman–Crippen MR) is 104 cm³/mol. The fourth-order valence-electron chi connectivity index (χ4n) is 4.00. The Labute approximate surface area is 160 Å². The zero-order chi connectivity index (χ0) is 18.6. The van der Waals surface area contributed by atoms with E-state index in [1.807, 2.05) is 25.2 Å². The smallest absolute Gasteiger partial charge is 0.236 e. The Hall–Kier alpha value is -2.34. The highest BCUT2D eigenvalue weighted by Crippen LogP contribution is 2.24. The molecular weight excluding hydrogens is 340 g/mol. The Morgan fingerprint density at radius 3 is 3.04 bits per heavy atom. The van der Waals surface area contributed by atoms with Crippen molar-refractivity contribution in [1.82, 2.24) is 20.0 Å². The highest BCUT2D eigenvalue weighted by molar-refractivity contribution is 5.78. The number of carbonyl (C=O) groups is 1. The molecule has 0 radical (unpaired) electrons. The number of hydrogen-bond acceptors (Lipinski definition) is 4. The number of ether oxygens (including phenoxy) is 1. The summed E-state index contributed by atoms with van der Waals surface area (Å²) in [5, 5.41) is 7.70. The van der Waals surface area contributed by atoms with Crippen LogP contribution in [-0.2, 0) is 30.7 Å². The summed E-state index contributed by atoms with van der Waals surface area (Å²) in [4.78, 5) is 16.8. The van der Waals surface area contributed by atoms with Crippen LogP contribution in [0.25, 0.3) is 0 Å². The molecule has 2 heterocycles. The summed E-state index contributed by atoms with van der Waals surface area (Å²) in [6.45, 7) is 3.09. The zero-order valence-electron chi connectivity index (χ0n) is 16.0. The van der Waals surface area contributed by atoms with Crippen molar-refractivity contribution in [2.45, 2.75) is 45.2 Å². The number of likely N-dealkylation sites (N-methyl/N-ethyl adjacent to an activating group) is 1. The van der Waals surface area contributed by atoms with Crippen LogP contribution in [0.4, 0.5) is 0 Å². The van der Waals surface area contributed by atoms with Crippen molar-refractivity contribution in [2.75, 3.05) is 26.7 Å². The standard InChI is InChI=1S/C21H28N4O2/c1-24(14-19-17-8-3-2-4-9-18(17)22-23-19)21(26)15-25-11-12-27-20-10-6-5-7-16(20)13-25/h5-7,10H,2-4,8-9,11-15H2,1H3,(H,22,23). The number of aromatic nitrogens is 2. The summed E-state index contributed by atoms with van der Waals surface area (Å²) >= 11 is 0. The van der Waals surface area contributed by atoms with E-state index in [-0.39, 0.29) is 5.91 Å². The fourth-order valence-corrected chi connectivity index (χ4v) is 4.00. The number of amides is 1. The molecule has 0 saturated heterocycles. The van der Waals surface area contributed by atoms with Gasteiger partial charge in [-0.15, -0.1) is 0 Å². The van der Waals surface area contributed by atoms with Crippen molar-refractivity contribution < 1.29 is 9.53 Å². The molecule has 1 aliphatic carbocycles. The summed E-state index contributed by atoms with van der Waals surface area (Å²) in [6, 6.07) is 8.07. The highest BCUT2D eigenvalue weighted by Gasteiger charge is 2.22. The van der Waals surface area contributed by atoms with E-state index >= 15 is 0 Å². The maximum Gasteiger partial charge on any atom is 0.236 e. The van der Waals surface area contributed by atoms with Gasteiger partial charge in [0.15, 0.2) is 0 Å². The van der Waals surface area contributed by atoms with Crippen molar-refractivity contribution in [3.63, 3.8) is 0 Å². The number of aryl methyl sites for hydroxylation is 1. The van der Waals surface area contributed by atoms with Gasteiger partial charge in [0.1, 0.15) is 12.4 Å². The minimum absolute atomic E-state index is 0.125. The van der Waals surface area contributed by atoms with Gasteiger partial charge in [-0.2, -0.15) is 5.10 Å². The van der Waals surface area contributed by atoms with Gasteiger partial charge >= 0.3 is 0 Å². The maximum atomic E-state index is 12.8. The average molecular weight is 368 g/mol. The van der Waals surface area contributed by atoms with Crippen molar-refractivity contribution in [3.05, 3.63) is 46.8 Å². The minimum Gasteiger partial charge on any atom is -0.492 e.